The first-order valence-electron chi connectivity index (χ1n) is 9.61. The van der Waals surface area contributed by atoms with Gasteiger partial charge in [0.15, 0.2) is 0 Å². The van der Waals surface area contributed by atoms with Crippen LogP contribution in [0.2, 0.25) is 0 Å². The van der Waals surface area contributed by atoms with Gasteiger partial charge in [0.1, 0.15) is 17.7 Å². The summed E-state index contributed by atoms with van der Waals surface area (Å²) in [7, 11) is 0. The van der Waals surface area contributed by atoms with Crippen molar-refractivity contribution in [2.45, 2.75) is 63.1 Å². The molecule has 1 aromatic rings. The summed E-state index contributed by atoms with van der Waals surface area (Å²) in [6, 6.07) is 2.77. The second-order valence-electron chi connectivity index (χ2n) is 7.46. The minimum Gasteiger partial charge on any atom is -0.474 e. The third-order valence-corrected chi connectivity index (χ3v) is 5.80. The fraction of sp³-hybridized carbons (Fsp3) is 0.579. The van der Waals surface area contributed by atoms with Gasteiger partial charge in [-0.2, -0.15) is 0 Å². The molecule has 3 heterocycles. The monoisotopic (exact) mass is 372 g/mol. The predicted octanol–water partition coefficient (Wildman–Crippen LogP) is 1.69. The average Bonchev–Trinajstić information content (AvgIpc) is 2.94. The lowest BCUT2D eigenvalue weighted by atomic mass is 9.91. The molecule has 1 saturated carbocycles. The van der Waals surface area contributed by atoms with E-state index in [1.807, 2.05) is 0 Å². The minimum absolute atomic E-state index is 0.0372. The van der Waals surface area contributed by atoms with Crippen molar-refractivity contribution in [2.75, 3.05) is 6.54 Å². The molecule has 8 heteroatoms. The molecule has 1 aliphatic carbocycles. The van der Waals surface area contributed by atoms with Gasteiger partial charge in [0.05, 0.1) is 0 Å². The van der Waals surface area contributed by atoms with Crippen LogP contribution in [0.5, 0.6) is 5.88 Å². The quantitative estimate of drug-likeness (QED) is 0.810. The number of carbonyl (C=O) groups excluding carboxylic acids is 3. The van der Waals surface area contributed by atoms with E-state index in [9.17, 15) is 14.4 Å². The lowest BCUT2D eigenvalue weighted by molar-refractivity contribution is -0.131. The molecule has 0 spiro atoms. The highest BCUT2D eigenvalue weighted by atomic mass is 16.5. The van der Waals surface area contributed by atoms with Gasteiger partial charge in [0, 0.05) is 18.8 Å². The third-order valence-electron chi connectivity index (χ3n) is 5.80. The lowest BCUT2D eigenvalue weighted by Crippen LogP contribution is -2.44. The van der Waals surface area contributed by atoms with E-state index in [2.05, 4.69) is 4.98 Å². The molecule has 4 rings (SSSR count). The van der Waals surface area contributed by atoms with Gasteiger partial charge in [-0.1, -0.05) is 0 Å². The molecule has 2 N–H and O–H groups in total. The number of hydrogen-bond donors (Lipinski definition) is 1. The average molecular weight is 372 g/mol. The number of imide groups is 1. The highest BCUT2D eigenvalue weighted by molar-refractivity contribution is 6.04. The molecule has 0 bridgehead atoms. The van der Waals surface area contributed by atoms with Crippen LogP contribution in [0.4, 0.5) is 4.79 Å². The summed E-state index contributed by atoms with van der Waals surface area (Å²) in [5.74, 6) is -0.361. The van der Waals surface area contributed by atoms with Crippen LogP contribution in [0.25, 0.3) is 0 Å². The molecule has 27 heavy (non-hydrogen) atoms. The van der Waals surface area contributed by atoms with Crippen LogP contribution >= 0.6 is 0 Å². The Labute approximate surface area is 157 Å². The van der Waals surface area contributed by atoms with E-state index >= 15 is 0 Å². The molecule has 1 aromatic heterocycles. The maximum atomic E-state index is 12.7. The first-order valence-corrected chi connectivity index (χ1v) is 9.61. The second-order valence-corrected chi connectivity index (χ2v) is 7.46. The number of hydrogen-bond acceptors (Lipinski definition) is 5. The highest BCUT2D eigenvalue weighted by Crippen LogP contribution is 2.33. The van der Waals surface area contributed by atoms with E-state index in [0.29, 0.717) is 32.2 Å². The van der Waals surface area contributed by atoms with E-state index in [-0.39, 0.29) is 41.6 Å². The van der Waals surface area contributed by atoms with Crippen molar-refractivity contribution in [3.05, 3.63) is 23.9 Å². The Morgan fingerprint density at radius 2 is 1.93 bits per heavy atom. The summed E-state index contributed by atoms with van der Waals surface area (Å²) in [6.07, 6.45) is 6.98. The van der Waals surface area contributed by atoms with Crippen LogP contribution in [0, 0.1) is 0 Å². The Balaban J connectivity index is 1.39. The summed E-state index contributed by atoms with van der Waals surface area (Å²) in [5.41, 5.74) is 5.63. The fourth-order valence-electron chi connectivity index (χ4n) is 4.40. The highest BCUT2D eigenvalue weighted by Gasteiger charge is 2.49. The smallest absolute Gasteiger partial charge is 0.327 e. The first kappa shape index (κ1) is 17.8. The Bertz CT molecular complexity index is 736. The number of amides is 4. The van der Waals surface area contributed by atoms with Crippen LogP contribution in [0.15, 0.2) is 18.3 Å². The molecule has 1 atom stereocenters. The SMILES string of the molecule is NC(=O)c1cccnc1O[C@H]1CC[C@H](N2C(=O)C3CCCCN3C2=O)CC1. The van der Waals surface area contributed by atoms with Gasteiger partial charge in [0.2, 0.25) is 5.88 Å². The van der Waals surface area contributed by atoms with Crippen molar-refractivity contribution in [1.29, 1.82) is 0 Å². The number of rotatable bonds is 4. The number of pyridine rings is 1. The molecule has 3 fully saturated rings. The van der Waals surface area contributed by atoms with Crippen LogP contribution in [-0.4, -0.2) is 57.4 Å². The Hall–Kier alpha value is -2.64. The zero-order valence-corrected chi connectivity index (χ0v) is 15.2. The summed E-state index contributed by atoms with van der Waals surface area (Å²) in [5, 5.41) is 0. The number of nitrogens with two attached hydrogens (primary N) is 1. The van der Waals surface area contributed by atoms with Crippen LogP contribution in [0.1, 0.15) is 55.3 Å². The van der Waals surface area contributed by atoms with Gasteiger partial charge in [-0.15, -0.1) is 0 Å². The Kier molecular flexibility index (Phi) is 4.72. The molecule has 2 saturated heterocycles. The largest absolute Gasteiger partial charge is 0.474 e. The minimum atomic E-state index is -0.572. The number of nitrogens with zero attached hydrogens (tertiary/aromatic N) is 3. The first-order chi connectivity index (χ1) is 13.1. The van der Waals surface area contributed by atoms with Gasteiger partial charge < -0.3 is 15.4 Å². The molecule has 8 nitrogen and oxygen atoms in total. The lowest BCUT2D eigenvalue weighted by Gasteiger charge is -2.33. The van der Waals surface area contributed by atoms with Crippen molar-refractivity contribution < 1.29 is 19.1 Å². The van der Waals surface area contributed by atoms with Gasteiger partial charge in [-0.3, -0.25) is 14.5 Å². The van der Waals surface area contributed by atoms with Gasteiger partial charge >= 0.3 is 6.03 Å². The molecule has 1 unspecified atom stereocenters. The predicted molar refractivity (Wildman–Crippen MR) is 96.0 cm³/mol. The molecule has 144 valence electrons. The molecule has 4 amide bonds. The topological polar surface area (TPSA) is 106 Å². The maximum Gasteiger partial charge on any atom is 0.327 e. The summed E-state index contributed by atoms with van der Waals surface area (Å²) < 4.78 is 5.90. The van der Waals surface area contributed by atoms with Gasteiger partial charge in [-0.25, -0.2) is 9.78 Å². The van der Waals surface area contributed by atoms with Crippen molar-refractivity contribution in [3.8, 4) is 5.88 Å². The number of aromatic nitrogens is 1. The number of urea groups is 1. The van der Waals surface area contributed by atoms with Crippen molar-refractivity contribution in [1.82, 2.24) is 14.8 Å². The molecule has 0 radical (unpaired) electrons. The number of fused-ring (bicyclic) bond motifs is 1. The van der Waals surface area contributed by atoms with E-state index in [1.165, 1.54) is 4.90 Å². The zero-order chi connectivity index (χ0) is 19.0. The fourth-order valence-corrected chi connectivity index (χ4v) is 4.40. The van der Waals surface area contributed by atoms with Crippen molar-refractivity contribution in [3.63, 3.8) is 0 Å². The van der Waals surface area contributed by atoms with Crippen LogP contribution < -0.4 is 10.5 Å². The number of primary amides is 1. The standard InChI is InChI=1S/C19H24N4O4/c20-16(24)14-4-3-10-21-17(14)27-13-8-6-12(7-9-13)23-18(25)15-5-1-2-11-22(15)19(23)26/h3-4,10,12-13,15H,1-2,5-9,11H2,(H2,20,24)/t12-,13-,15?. The van der Waals surface area contributed by atoms with Gasteiger partial charge in [0.25, 0.3) is 11.8 Å². The number of ether oxygens (including phenoxy) is 1. The van der Waals surface area contributed by atoms with Crippen LogP contribution in [0.3, 0.4) is 0 Å². The van der Waals surface area contributed by atoms with Gasteiger partial charge in [-0.05, 0) is 57.1 Å². The molecule has 2 aliphatic heterocycles. The normalized spacial score (nSPS) is 28.2. The number of piperidine rings is 1. The molecule has 0 aromatic carbocycles. The summed E-state index contributed by atoms with van der Waals surface area (Å²) >= 11 is 0. The molecule has 3 aliphatic rings. The number of carbonyl (C=O) groups is 3. The zero-order valence-electron chi connectivity index (χ0n) is 15.2. The summed E-state index contributed by atoms with van der Waals surface area (Å²) in [6.45, 7) is 0.680. The van der Waals surface area contributed by atoms with E-state index < -0.39 is 5.91 Å². The van der Waals surface area contributed by atoms with E-state index in [4.69, 9.17) is 10.5 Å². The molecular formula is C19H24N4O4. The molecular weight excluding hydrogens is 348 g/mol. The van der Waals surface area contributed by atoms with Crippen molar-refractivity contribution in [2.24, 2.45) is 5.73 Å². The maximum absolute atomic E-state index is 12.7. The van der Waals surface area contributed by atoms with E-state index in [0.717, 1.165) is 19.3 Å². The Morgan fingerprint density at radius 1 is 1.15 bits per heavy atom. The van der Waals surface area contributed by atoms with Crippen molar-refractivity contribution >= 4 is 17.8 Å². The van der Waals surface area contributed by atoms with E-state index in [1.54, 1.807) is 23.2 Å². The Morgan fingerprint density at radius 3 is 2.63 bits per heavy atom. The van der Waals surface area contributed by atoms with Crippen LogP contribution in [-0.2, 0) is 4.79 Å². The third kappa shape index (κ3) is 3.24. The summed E-state index contributed by atoms with van der Waals surface area (Å²) in [4.78, 5) is 44.2. The second kappa shape index (κ2) is 7.17.